The molecule has 2 rings (SSSR count). The summed E-state index contributed by atoms with van der Waals surface area (Å²) in [5.74, 6) is 0. The molecule has 0 fully saturated rings. The predicted molar refractivity (Wildman–Crippen MR) is 129 cm³/mol. The molecule has 2 aliphatic rings. The first-order valence-corrected chi connectivity index (χ1v) is 8.62. The summed E-state index contributed by atoms with van der Waals surface area (Å²) in [6.07, 6.45) is 5.03. The minimum atomic E-state index is 0. The van der Waals surface area contributed by atoms with Crippen LogP contribution in [0.5, 0.6) is 0 Å². The van der Waals surface area contributed by atoms with E-state index in [-0.39, 0.29) is 110 Å². The van der Waals surface area contributed by atoms with E-state index >= 15 is 0 Å². The third-order valence-corrected chi connectivity index (χ3v) is 5.77. The van der Waals surface area contributed by atoms with Gasteiger partial charge in [-0.3, -0.25) is 0 Å². The van der Waals surface area contributed by atoms with Gasteiger partial charge in [0.15, 0.2) is 0 Å². The number of rotatable bonds is 0. The maximum Gasteiger partial charge on any atom is 0.0787 e. The zero-order chi connectivity index (χ0) is 15.0. The molecule has 0 aromatic heterocycles. The van der Waals surface area contributed by atoms with Gasteiger partial charge in [0.25, 0.3) is 0 Å². The first-order chi connectivity index (χ1) is 8.83. The minimum absolute atomic E-state index is 0. The first-order valence-electron chi connectivity index (χ1n) is 6.17. The van der Waals surface area contributed by atoms with Crippen molar-refractivity contribution in [2.24, 2.45) is 0 Å². The van der Waals surface area contributed by atoms with Gasteiger partial charge in [-0.25, -0.2) is 0 Å². The molecule has 0 nitrogen and oxygen atoms in total. The first kappa shape index (κ1) is 46.1. The zero-order valence-corrected chi connectivity index (χ0v) is 23.8. The Bertz CT molecular complexity index is 430. The van der Waals surface area contributed by atoms with E-state index in [2.05, 4.69) is 27.7 Å². The molecule has 0 spiro atoms. The molecular weight excluding hydrogens is 657 g/mol. The summed E-state index contributed by atoms with van der Waals surface area (Å²) in [5, 5.41) is 0. The van der Waals surface area contributed by atoms with E-state index in [1.54, 1.807) is 23.5 Å². The van der Waals surface area contributed by atoms with Crippen molar-refractivity contribution in [3.8, 4) is 0 Å². The monoisotopic (exact) mass is 696 g/mol. The van der Waals surface area contributed by atoms with Crippen LogP contribution in [0.25, 0.3) is 0 Å². The van der Waals surface area contributed by atoms with Crippen LogP contribution >= 0.6 is 48.0 Å². The zero-order valence-electron chi connectivity index (χ0n) is 15.3. The van der Waals surface area contributed by atoms with E-state index in [1.165, 1.54) is 21.0 Å². The molecule has 0 saturated carbocycles. The maximum atomic E-state index is 4.99. The van der Waals surface area contributed by atoms with Crippen LogP contribution < -0.4 is 0 Å². The van der Waals surface area contributed by atoms with Crippen LogP contribution in [0.4, 0.5) is 0 Å². The van der Waals surface area contributed by atoms with Gasteiger partial charge in [0.05, 0.1) is 8.39 Å². The van der Waals surface area contributed by atoms with Crippen molar-refractivity contribution >= 4 is 56.4 Å². The smallest absolute Gasteiger partial charge is 0.0787 e. The second-order valence-corrected chi connectivity index (χ2v) is 8.18. The third-order valence-electron chi connectivity index (χ3n) is 2.69. The molecule has 25 heavy (non-hydrogen) atoms. The van der Waals surface area contributed by atoms with Gasteiger partial charge in [0.1, 0.15) is 0 Å². The fourth-order valence-electron chi connectivity index (χ4n) is 1.02. The molecule has 0 bridgehead atoms. The molecule has 150 valence electrons. The van der Waals surface area contributed by atoms with Gasteiger partial charge >= 0.3 is 0 Å². The molecule has 0 atom stereocenters. The number of thiocarbonyl (C=S) groups is 2. The summed E-state index contributed by atoms with van der Waals surface area (Å²) in [4.78, 5) is 2.78. The Labute approximate surface area is 243 Å². The van der Waals surface area contributed by atoms with E-state index in [0.717, 1.165) is 14.8 Å². The van der Waals surface area contributed by atoms with Crippen LogP contribution in [0.15, 0.2) is 33.1 Å². The number of thioether (sulfide) groups is 2. The number of allylic oxidation sites excluding steroid dienone is 5. The van der Waals surface area contributed by atoms with Gasteiger partial charge in [0, 0.05) is 87.2 Å². The molecule has 6 heteroatoms. The Balaban J connectivity index is -0.0000000361. The minimum Gasteiger partial charge on any atom is -0.358 e. The molecular formula is C19H36S4Sm2-2. The van der Waals surface area contributed by atoms with E-state index < -0.39 is 0 Å². The largest absolute Gasteiger partial charge is 0.358 e. The van der Waals surface area contributed by atoms with Crippen LogP contribution in [-0.4, -0.2) is 8.39 Å². The van der Waals surface area contributed by atoms with Crippen molar-refractivity contribution in [2.75, 3.05) is 0 Å². The maximum absolute atomic E-state index is 4.99. The van der Waals surface area contributed by atoms with Gasteiger partial charge in [-0.2, -0.15) is 0 Å². The van der Waals surface area contributed by atoms with Crippen LogP contribution in [0.3, 0.4) is 0 Å². The van der Waals surface area contributed by atoms with Crippen LogP contribution in [-0.2, 0) is 0 Å². The van der Waals surface area contributed by atoms with Crippen molar-refractivity contribution in [3.05, 3.63) is 48.0 Å². The Morgan fingerprint density at radius 1 is 0.800 bits per heavy atom. The van der Waals surface area contributed by atoms with Crippen molar-refractivity contribution in [1.82, 2.24) is 0 Å². The molecule has 0 radical (unpaired) electrons. The number of hydrogen-bond acceptors (Lipinski definition) is 4. The van der Waals surface area contributed by atoms with Crippen molar-refractivity contribution < 1.29 is 80.8 Å². The normalized spacial score (nSPS) is 13.7. The Morgan fingerprint density at radius 2 is 1.20 bits per heavy atom. The second-order valence-electron chi connectivity index (χ2n) is 4.22. The summed E-state index contributed by atoms with van der Waals surface area (Å²) in [6.45, 7) is 12.4. The summed E-state index contributed by atoms with van der Waals surface area (Å²) in [7, 11) is 0. The van der Waals surface area contributed by atoms with Gasteiger partial charge < -0.3 is 14.9 Å². The second kappa shape index (κ2) is 26.8. The fourth-order valence-corrected chi connectivity index (χ4v) is 3.77. The Morgan fingerprint density at radius 3 is 1.24 bits per heavy atom. The predicted octanol–water partition coefficient (Wildman–Crippen LogP) is 8.85. The molecule has 0 unspecified atom stereocenters. The molecule has 2 heterocycles. The summed E-state index contributed by atoms with van der Waals surface area (Å²) < 4.78 is 2.19. The van der Waals surface area contributed by atoms with Gasteiger partial charge in [-0.15, -0.1) is 0 Å². The van der Waals surface area contributed by atoms with E-state index in [4.69, 9.17) is 24.4 Å². The summed E-state index contributed by atoms with van der Waals surface area (Å²) >= 11 is 13.3. The SMILES string of the molecule is C.C.CC1=C(C)C(=S)S1.CC1=C(C)SC(=S)C1.CC=CC.[CH3-].[CH3-].[Sm].[Sm]. The standard InChI is InChI=1S/C6H8S2.C5H6S2.C4H8.2CH4.2CH3.2Sm/c1-4-3-6(7)8-5(4)2;1-3-4(2)7-5(3)6;1-3-4-2;;;;;;/h3H2,1-2H3;1-2H3;3-4H,1-2H3;2*1H4;2*1H3;;/q;;;;;2*-1;;. The van der Waals surface area contributed by atoms with Crippen LogP contribution in [0.1, 0.15) is 62.8 Å². The molecule has 0 N–H and O–H groups in total. The van der Waals surface area contributed by atoms with Crippen molar-refractivity contribution in [1.29, 1.82) is 0 Å². The molecule has 2 aliphatic heterocycles. The van der Waals surface area contributed by atoms with Crippen LogP contribution in [0.2, 0.25) is 0 Å². The third kappa shape index (κ3) is 21.3. The Hall–Kier alpha value is 2.78. The molecule has 0 saturated heterocycles. The average Bonchev–Trinajstić information content (AvgIpc) is 2.67. The molecule has 0 aromatic rings. The van der Waals surface area contributed by atoms with Gasteiger partial charge in [-0.1, -0.05) is 80.5 Å². The summed E-state index contributed by atoms with van der Waals surface area (Å²) in [5.41, 5.74) is 2.75. The van der Waals surface area contributed by atoms with E-state index in [9.17, 15) is 0 Å². The van der Waals surface area contributed by atoms with E-state index in [0.29, 0.717) is 0 Å². The summed E-state index contributed by atoms with van der Waals surface area (Å²) in [6, 6.07) is 0. The van der Waals surface area contributed by atoms with Crippen molar-refractivity contribution in [2.45, 2.75) is 62.8 Å². The van der Waals surface area contributed by atoms with Gasteiger partial charge in [0.2, 0.25) is 0 Å². The fraction of sp³-hybridized carbons (Fsp3) is 0.474. The van der Waals surface area contributed by atoms with Crippen molar-refractivity contribution in [3.63, 3.8) is 0 Å². The van der Waals surface area contributed by atoms with Gasteiger partial charge in [-0.05, 0) is 56.9 Å². The Kier molecular flexibility index (Phi) is 49.4. The molecule has 0 aliphatic carbocycles. The average molecular weight is 693 g/mol. The quantitative estimate of drug-likeness (QED) is 0.141. The van der Waals surface area contributed by atoms with Crippen LogP contribution in [0, 0.1) is 95.6 Å². The topological polar surface area (TPSA) is 0 Å². The number of hydrogen-bond donors (Lipinski definition) is 0. The molecule has 0 amide bonds. The van der Waals surface area contributed by atoms with E-state index in [1.807, 2.05) is 26.0 Å². The molecule has 0 aromatic carbocycles.